The van der Waals surface area contributed by atoms with Gasteiger partial charge in [-0.3, -0.25) is 0 Å². The standard InChI is InChI=1S/C22H24N4O/c1-4-18-10-12-21(13-11-18)26-16(2)14-19(17(26)3)15-23-25-22(27)24-20-8-6-5-7-9-20/h5-15H,4H2,1-3H3,(H2,24,25,27)/b23-15+. The normalized spacial score (nSPS) is 10.9. The van der Waals surface area contributed by atoms with Crippen LogP contribution >= 0.6 is 0 Å². The van der Waals surface area contributed by atoms with Crippen LogP contribution in [0, 0.1) is 13.8 Å². The number of nitrogens with one attached hydrogen (secondary N) is 2. The molecule has 27 heavy (non-hydrogen) atoms. The highest BCUT2D eigenvalue weighted by Gasteiger charge is 2.09. The maximum atomic E-state index is 11.9. The van der Waals surface area contributed by atoms with E-state index in [9.17, 15) is 4.79 Å². The summed E-state index contributed by atoms with van der Waals surface area (Å²) in [5.41, 5.74) is 8.82. The lowest BCUT2D eigenvalue weighted by Crippen LogP contribution is -2.24. The van der Waals surface area contributed by atoms with Gasteiger partial charge in [-0.2, -0.15) is 5.10 Å². The van der Waals surface area contributed by atoms with Crippen LogP contribution in [0.15, 0.2) is 65.8 Å². The molecule has 0 aliphatic carbocycles. The number of urea groups is 1. The van der Waals surface area contributed by atoms with E-state index in [1.54, 1.807) is 6.21 Å². The first-order valence-electron chi connectivity index (χ1n) is 9.02. The fourth-order valence-corrected chi connectivity index (χ4v) is 3.04. The average Bonchev–Trinajstić information content (AvgIpc) is 2.96. The van der Waals surface area contributed by atoms with Crippen molar-refractivity contribution in [1.82, 2.24) is 9.99 Å². The van der Waals surface area contributed by atoms with Crippen molar-refractivity contribution < 1.29 is 4.79 Å². The summed E-state index contributed by atoms with van der Waals surface area (Å²) in [6.07, 6.45) is 2.70. The van der Waals surface area contributed by atoms with E-state index in [0.717, 1.165) is 34.7 Å². The molecular formula is C22H24N4O. The Hall–Kier alpha value is -3.34. The van der Waals surface area contributed by atoms with Crippen LogP contribution in [-0.4, -0.2) is 16.8 Å². The summed E-state index contributed by atoms with van der Waals surface area (Å²) in [5, 5.41) is 6.80. The minimum atomic E-state index is -0.374. The monoisotopic (exact) mass is 360 g/mol. The number of hydrogen-bond donors (Lipinski definition) is 2. The number of rotatable bonds is 5. The third-order valence-electron chi connectivity index (χ3n) is 4.47. The van der Waals surface area contributed by atoms with E-state index in [1.807, 2.05) is 37.3 Å². The SMILES string of the molecule is CCc1ccc(-n2c(C)cc(/C=N/NC(=O)Nc3ccccc3)c2C)cc1. The van der Waals surface area contributed by atoms with Gasteiger partial charge in [0.15, 0.2) is 0 Å². The molecule has 3 aromatic rings. The summed E-state index contributed by atoms with van der Waals surface area (Å²) in [4.78, 5) is 11.9. The second-order valence-electron chi connectivity index (χ2n) is 6.37. The molecule has 0 unspecified atom stereocenters. The van der Waals surface area contributed by atoms with E-state index in [0.29, 0.717) is 0 Å². The number of anilines is 1. The highest BCUT2D eigenvalue weighted by molar-refractivity contribution is 5.90. The zero-order valence-corrected chi connectivity index (χ0v) is 15.9. The molecule has 0 radical (unpaired) electrons. The Balaban J connectivity index is 1.70. The third-order valence-corrected chi connectivity index (χ3v) is 4.47. The summed E-state index contributed by atoms with van der Waals surface area (Å²) in [7, 11) is 0. The van der Waals surface area contributed by atoms with Crippen LogP contribution in [0.2, 0.25) is 0 Å². The average molecular weight is 360 g/mol. The van der Waals surface area contributed by atoms with E-state index in [1.165, 1.54) is 5.56 Å². The van der Waals surface area contributed by atoms with Gasteiger partial charge >= 0.3 is 6.03 Å². The van der Waals surface area contributed by atoms with Crippen molar-refractivity contribution in [1.29, 1.82) is 0 Å². The largest absolute Gasteiger partial charge is 0.339 e. The van der Waals surface area contributed by atoms with Gasteiger partial charge in [-0.05, 0) is 56.2 Å². The highest BCUT2D eigenvalue weighted by Crippen LogP contribution is 2.20. The van der Waals surface area contributed by atoms with Crippen molar-refractivity contribution in [3.8, 4) is 5.69 Å². The molecule has 5 heteroatoms. The van der Waals surface area contributed by atoms with Crippen molar-refractivity contribution in [3.05, 3.63) is 83.2 Å². The number of carbonyl (C=O) groups excluding carboxylic acids is 1. The Labute approximate surface area is 159 Å². The van der Waals surface area contributed by atoms with Crippen LogP contribution in [0.1, 0.15) is 29.4 Å². The lowest BCUT2D eigenvalue weighted by molar-refractivity contribution is 0.252. The second kappa shape index (κ2) is 8.36. The number of aromatic nitrogens is 1. The molecule has 5 nitrogen and oxygen atoms in total. The molecular weight excluding hydrogens is 336 g/mol. The fourth-order valence-electron chi connectivity index (χ4n) is 3.04. The van der Waals surface area contributed by atoms with Crippen LogP contribution in [0.4, 0.5) is 10.5 Å². The van der Waals surface area contributed by atoms with Gasteiger partial charge in [-0.1, -0.05) is 37.3 Å². The van der Waals surface area contributed by atoms with E-state index >= 15 is 0 Å². The Bertz CT molecular complexity index is 940. The van der Waals surface area contributed by atoms with Crippen LogP contribution in [-0.2, 0) is 6.42 Å². The van der Waals surface area contributed by atoms with Crippen LogP contribution in [0.3, 0.4) is 0 Å². The maximum absolute atomic E-state index is 11.9. The van der Waals surface area contributed by atoms with E-state index < -0.39 is 0 Å². The Morgan fingerprint density at radius 3 is 2.44 bits per heavy atom. The lowest BCUT2D eigenvalue weighted by atomic mass is 10.1. The van der Waals surface area contributed by atoms with Crippen molar-refractivity contribution in [2.75, 3.05) is 5.32 Å². The fraction of sp³-hybridized carbons (Fsp3) is 0.182. The molecule has 0 aliphatic heterocycles. The van der Waals surface area contributed by atoms with Gasteiger partial charge in [0.2, 0.25) is 0 Å². The first-order chi connectivity index (χ1) is 13.1. The summed E-state index contributed by atoms with van der Waals surface area (Å²) < 4.78 is 2.19. The number of amides is 2. The molecule has 0 atom stereocenters. The van der Waals surface area contributed by atoms with Crippen LogP contribution in [0.25, 0.3) is 5.69 Å². The minimum absolute atomic E-state index is 0.374. The van der Waals surface area contributed by atoms with Crippen molar-refractivity contribution in [3.63, 3.8) is 0 Å². The zero-order chi connectivity index (χ0) is 19.2. The number of para-hydroxylation sites is 1. The van der Waals surface area contributed by atoms with Gasteiger partial charge in [-0.25, -0.2) is 10.2 Å². The first kappa shape index (κ1) is 18.5. The third kappa shape index (κ3) is 4.44. The molecule has 0 bridgehead atoms. The molecule has 0 aliphatic rings. The number of carbonyl (C=O) groups is 1. The number of hydrogen-bond acceptors (Lipinski definition) is 2. The quantitative estimate of drug-likeness (QED) is 0.498. The molecule has 0 saturated carbocycles. The second-order valence-corrected chi connectivity index (χ2v) is 6.37. The number of benzene rings is 2. The molecule has 1 aromatic heterocycles. The minimum Gasteiger partial charge on any atom is -0.318 e. The molecule has 0 fully saturated rings. The predicted molar refractivity (Wildman–Crippen MR) is 111 cm³/mol. The summed E-state index contributed by atoms with van der Waals surface area (Å²) in [6, 6.07) is 19.5. The van der Waals surface area contributed by atoms with Crippen LogP contribution < -0.4 is 10.7 Å². The molecule has 138 valence electrons. The van der Waals surface area contributed by atoms with Gasteiger partial charge < -0.3 is 9.88 Å². The number of aryl methyl sites for hydroxylation is 2. The zero-order valence-electron chi connectivity index (χ0n) is 15.9. The van der Waals surface area contributed by atoms with E-state index in [4.69, 9.17) is 0 Å². The number of hydrazone groups is 1. The predicted octanol–water partition coefficient (Wildman–Crippen LogP) is 4.81. The molecule has 3 rings (SSSR count). The Kier molecular flexibility index (Phi) is 5.71. The van der Waals surface area contributed by atoms with Gasteiger partial charge in [0.05, 0.1) is 6.21 Å². The van der Waals surface area contributed by atoms with Gasteiger partial charge in [0.1, 0.15) is 0 Å². The Morgan fingerprint density at radius 1 is 1.07 bits per heavy atom. The molecule has 0 spiro atoms. The smallest absolute Gasteiger partial charge is 0.318 e. The topological polar surface area (TPSA) is 58.4 Å². The summed E-state index contributed by atoms with van der Waals surface area (Å²) in [5.74, 6) is 0. The van der Waals surface area contributed by atoms with E-state index in [2.05, 4.69) is 64.6 Å². The molecule has 1 heterocycles. The van der Waals surface area contributed by atoms with Crippen LogP contribution in [0.5, 0.6) is 0 Å². The highest BCUT2D eigenvalue weighted by atomic mass is 16.2. The van der Waals surface area contributed by atoms with E-state index in [-0.39, 0.29) is 6.03 Å². The lowest BCUT2D eigenvalue weighted by Gasteiger charge is -2.10. The summed E-state index contributed by atoms with van der Waals surface area (Å²) in [6.45, 7) is 6.26. The Morgan fingerprint density at radius 2 is 1.78 bits per heavy atom. The van der Waals surface area contributed by atoms with Crippen molar-refractivity contribution in [2.24, 2.45) is 5.10 Å². The first-order valence-corrected chi connectivity index (χ1v) is 9.02. The van der Waals surface area contributed by atoms with Gasteiger partial charge in [0, 0.05) is 28.3 Å². The summed E-state index contributed by atoms with van der Waals surface area (Å²) >= 11 is 0. The molecule has 2 N–H and O–H groups in total. The maximum Gasteiger partial charge on any atom is 0.339 e. The molecule has 0 saturated heterocycles. The van der Waals surface area contributed by atoms with Crippen molar-refractivity contribution >= 4 is 17.9 Å². The number of nitrogens with zero attached hydrogens (tertiary/aromatic N) is 2. The molecule has 2 aromatic carbocycles. The van der Waals surface area contributed by atoms with Gasteiger partial charge in [-0.15, -0.1) is 0 Å². The molecule has 2 amide bonds. The van der Waals surface area contributed by atoms with Gasteiger partial charge in [0.25, 0.3) is 0 Å². The van der Waals surface area contributed by atoms with Crippen molar-refractivity contribution in [2.45, 2.75) is 27.2 Å².